The van der Waals surface area contributed by atoms with Crippen LogP contribution in [-0.4, -0.2) is 52.9 Å². The number of ether oxygens (including phenoxy) is 2. The average Bonchev–Trinajstić information content (AvgIpc) is 3.11. The van der Waals surface area contributed by atoms with Gasteiger partial charge in [0.1, 0.15) is 17.3 Å². The normalized spacial score (nSPS) is 18.7. The number of piperidine rings is 1. The van der Waals surface area contributed by atoms with E-state index in [0.29, 0.717) is 61.5 Å². The maximum Gasteiger partial charge on any atom is 0.272 e. The first-order valence-corrected chi connectivity index (χ1v) is 9.37. The molecule has 2 aliphatic rings. The van der Waals surface area contributed by atoms with Crippen LogP contribution >= 0.6 is 11.6 Å². The Labute approximate surface area is 162 Å². The molecule has 0 saturated carbocycles. The molecular weight excluding hydrogens is 368 g/mol. The molecular formula is C19H21ClN4O3. The van der Waals surface area contributed by atoms with E-state index < -0.39 is 5.79 Å². The Kier molecular flexibility index (Phi) is 4.99. The molecule has 0 atom stereocenters. The van der Waals surface area contributed by atoms with Crippen molar-refractivity contribution in [2.75, 3.05) is 31.6 Å². The van der Waals surface area contributed by atoms with Crippen molar-refractivity contribution in [3.8, 4) is 0 Å². The highest BCUT2D eigenvalue weighted by molar-refractivity contribution is 6.33. The molecule has 2 aromatic rings. The standard InChI is InChI=1S/C19H21ClN4O3/c1-13-21-16(12-17(22-13)23-15-5-3-2-4-14(15)20)18(25)24-8-6-19(7-9-24)26-10-11-27-19/h2-5,12H,6-11H2,1H3,(H,21,22,23). The second-order valence-corrected chi connectivity index (χ2v) is 7.10. The van der Waals surface area contributed by atoms with Crippen LogP contribution in [0.5, 0.6) is 0 Å². The van der Waals surface area contributed by atoms with Crippen LogP contribution in [0.4, 0.5) is 11.5 Å². The molecule has 2 saturated heterocycles. The lowest BCUT2D eigenvalue weighted by atomic mass is 10.0. The van der Waals surface area contributed by atoms with Crippen molar-refractivity contribution >= 4 is 29.0 Å². The minimum absolute atomic E-state index is 0.115. The zero-order valence-electron chi connectivity index (χ0n) is 15.1. The fourth-order valence-electron chi connectivity index (χ4n) is 3.44. The van der Waals surface area contributed by atoms with E-state index >= 15 is 0 Å². The Morgan fingerprint density at radius 2 is 1.89 bits per heavy atom. The molecule has 1 aromatic heterocycles. The van der Waals surface area contributed by atoms with Crippen molar-refractivity contribution in [2.24, 2.45) is 0 Å². The topological polar surface area (TPSA) is 76.6 Å². The number of para-hydroxylation sites is 1. The van der Waals surface area contributed by atoms with E-state index in [-0.39, 0.29) is 5.91 Å². The first-order valence-electron chi connectivity index (χ1n) is 8.99. The molecule has 2 aliphatic heterocycles. The van der Waals surface area contributed by atoms with Crippen LogP contribution in [0.25, 0.3) is 0 Å². The van der Waals surface area contributed by atoms with Crippen LogP contribution in [0, 0.1) is 6.92 Å². The lowest BCUT2D eigenvalue weighted by molar-refractivity contribution is -0.181. The van der Waals surface area contributed by atoms with Crippen LogP contribution in [0.2, 0.25) is 5.02 Å². The number of carbonyl (C=O) groups excluding carboxylic acids is 1. The van der Waals surface area contributed by atoms with Crippen molar-refractivity contribution < 1.29 is 14.3 Å². The molecule has 7 nitrogen and oxygen atoms in total. The molecule has 1 amide bonds. The minimum atomic E-state index is -0.505. The summed E-state index contributed by atoms with van der Waals surface area (Å²) in [6, 6.07) is 9.04. The fourth-order valence-corrected chi connectivity index (χ4v) is 3.62. The second-order valence-electron chi connectivity index (χ2n) is 6.69. The Morgan fingerprint density at radius 1 is 1.19 bits per heavy atom. The second kappa shape index (κ2) is 7.42. The number of halogens is 1. The molecule has 8 heteroatoms. The summed E-state index contributed by atoms with van der Waals surface area (Å²) in [6.45, 7) is 4.16. The summed E-state index contributed by atoms with van der Waals surface area (Å²) in [4.78, 5) is 23.4. The highest BCUT2D eigenvalue weighted by Crippen LogP contribution is 2.32. The fraction of sp³-hybridized carbons (Fsp3) is 0.421. The minimum Gasteiger partial charge on any atom is -0.347 e. The van der Waals surface area contributed by atoms with Crippen LogP contribution < -0.4 is 5.32 Å². The number of hydrogen-bond donors (Lipinski definition) is 1. The number of rotatable bonds is 3. The van der Waals surface area contributed by atoms with Gasteiger partial charge in [-0.2, -0.15) is 0 Å². The monoisotopic (exact) mass is 388 g/mol. The predicted molar refractivity (Wildman–Crippen MR) is 101 cm³/mol. The number of benzene rings is 1. The molecule has 3 heterocycles. The molecule has 0 radical (unpaired) electrons. The van der Waals surface area contributed by atoms with Gasteiger partial charge in [0, 0.05) is 32.0 Å². The molecule has 1 spiro atoms. The molecule has 0 unspecified atom stereocenters. The van der Waals surface area contributed by atoms with Crippen LogP contribution in [-0.2, 0) is 9.47 Å². The van der Waals surface area contributed by atoms with Crippen LogP contribution in [0.1, 0.15) is 29.2 Å². The van der Waals surface area contributed by atoms with Gasteiger partial charge in [-0.1, -0.05) is 23.7 Å². The zero-order chi connectivity index (χ0) is 18.9. The SMILES string of the molecule is Cc1nc(Nc2ccccc2Cl)cc(C(=O)N2CCC3(CC2)OCCO3)n1. The molecule has 1 aromatic carbocycles. The van der Waals surface area contributed by atoms with E-state index in [0.717, 1.165) is 5.69 Å². The third-order valence-electron chi connectivity index (χ3n) is 4.82. The zero-order valence-corrected chi connectivity index (χ0v) is 15.8. The van der Waals surface area contributed by atoms with E-state index in [4.69, 9.17) is 21.1 Å². The molecule has 2 fully saturated rings. The van der Waals surface area contributed by atoms with Gasteiger partial charge in [-0.25, -0.2) is 9.97 Å². The van der Waals surface area contributed by atoms with Crippen LogP contribution in [0.3, 0.4) is 0 Å². The van der Waals surface area contributed by atoms with E-state index in [1.165, 1.54) is 0 Å². The van der Waals surface area contributed by atoms with Crippen molar-refractivity contribution in [1.29, 1.82) is 0 Å². The average molecular weight is 389 g/mol. The van der Waals surface area contributed by atoms with E-state index in [1.54, 1.807) is 24.0 Å². The van der Waals surface area contributed by atoms with E-state index in [9.17, 15) is 4.79 Å². The van der Waals surface area contributed by atoms with E-state index in [2.05, 4.69) is 15.3 Å². The smallest absolute Gasteiger partial charge is 0.272 e. The molecule has 142 valence electrons. The van der Waals surface area contributed by atoms with Crippen molar-refractivity contribution in [3.63, 3.8) is 0 Å². The number of hydrogen-bond acceptors (Lipinski definition) is 6. The largest absolute Gasteiger partial charge is 0.347 e. The van der Waals surface area contributed by atoms with Gasteiger partial charge in [0.15, 0.2) is 5.79 Å². The Balaban J connectivity index is 1.49. The van der Waals surface area contributed by atoms with Gasteiger partial charge in [0.2, 0.25) is 0 Å². The summed E-state index contributed by atoms with van der Waals surface area (Å²) in [7, 11) is 0. The number of amides is 1. The Hall–Kier alpha value is -2.22. The number of nitrogens with one attached hydrogen (secondary N) is 1. The first-order chi connectivity index (χ1) is 13.0. The first kappa shape index (κ1) is 18.2. The van der Waals surface area contributed by atoms with Crippen LogP contribution in [0.15, 0.2) is 30.3 Å². The maximum absolute atomic E-state index is 12.9. The Morgan fingerprint density at radius 3 is 2.59 bits per heavy atom. The van der Waals surface area contributed by atoms with Gasteiger partial charge in [0.05, 0.1) is 23.9 Å². The maximum atomic E-state index is 12.9. The molecule has 0 aliphatic carbocycles. The molecule has 1 N–H and O–H groups in total. The summed E-state index contributed by atoms with van der Waals surface area (Å²) >= 11 is 6.19. The van der Waals surface area contributed by atoms with Gasteiger partial charge in [-0.15, -0.1) is 0 Å². The summed E-state index contributed by atoms with van der Waals surface area (Å²) in [5, 5.41) is 3.74. The lowest BCUT2D eigenvalue weighted by Gasteiger charge is -2.37. The lowest BCUT2D eigenvalue weighted by Crippen LogP contribution is -2.47. The number of nitrogens with zero attached hydrogens (tertiary/aromatic N) is 3. The molecule has 27 heavy (non-hydrogen) atoms. The quantitative estimate of drug-likeness (QED) is 0.870. The summed E-state index contributed by atoms with van der Waals surface area (Å²) in [5.41, 5.74) is 1.09. The highest BCUT2D eigenvalue weighted by Gasteiger charge is 2.41. The van der Waals surface area contributed by atoms with Crippen molar-refractivity contribution in [2.45, 2.75) is 25.6 Å². The van der Waals surface area contributed by atoms with Gasteiger partial charge in [-0.05, 0) is 19.1 Å². The van der Waals surface area contributed by atoms with E-state index in [1.807, 2.05) is 18.2 Å². The number of aromatic nitrogens is 2. The summed E-state index contributed by atoms with van der Waals surface area (Å²) in [6.07, 6.45) is 1.35. The summed E-state index contributed by atoms with van der Waals surface area (Å²) in [5.74, 6) is 0.437. The van der Waals surface area contributed by atoms with Gasteiger partial charge < -0.3 is 19.7 Å². The highest BCUT2D eigenvalue weighted by atomic mass is 35.5. The number of aryl methyl sites for hydroxylation is 1. The number of carbonyl (C=O) groups is 1. The number of likely N-dealkylation sites (tertiary alicyclic amines) is 1. The number of anilines is 2. The van der Waals surface area contributed by atoms with Crippen molar-refractivity contribution in [3.05, 3.63) is 46.9 Å². The predicted octanol–water partition coefficient (Wildman–Crippen LogP) is 3.16. The third-order valence-corrected chi connectivity index (χ3v) is 5.15. The summed E-state index contributed by atoms with van der Waals surface area (Å²) < 4.78 is 11.4. The van der Waals surface area contributed by atoms with Crippen molar-refractivity contribution in [1.82, 2.24) is 14.9 Å². The molecule has 4 rings (SSSR count). The molecule has 0 bridgehead atoms. The van der Waals surface area contributed by atoms with Gasteiger partial charge in [0.25, 0.3) is 5.91 Å². The third kappa shape index (κ3) is 3.90. The van der Waals surface area contributed by atoms with Gasteiger partial charge >= 0.3 is 0 Å². The van der Waals surface area contributed by atoms with Gasteiger partial charge in [-0.3, -0.25) is 4.79 Å². The Bertz CT molecular complexity index is 845.